The quantitative estimate of drug-likeness (QED) is 0.616. The van der Waals surface area contributed by atoms with Gasteiger partial charge >= 0.3 is 0 Å². The minimum absolute atomic E-state index is 0.0165. The lowest BCUT2D eigenvalue weighted by atomic mass is 9.97. The van der Waals surface area contributed by atoms with Gasteiger partial charge < -0.3 is 4.90 Å². The molecule has 0 unspecified atom stereocenters. The highest BCUT2D eigenvalue weighted by Crippen LogP contribution is 2.29. The van der Waals surface area contributed by atoms with Gasteiger partial charge in [0.2, 0.25) is 11.9 Å². The van der Waals surface area contributed by atoms with E-state index in [1.54, 1.807) is 4.90 Å². The number of hydrogen-bond acceptors (Lipinski definition) is 3. The number of carbonyl (C=O) groups is 1. The number of amides is 1. The topological polar surface area (TPSA) is 63.5 Å². The largest absolute Gasteiger partial charge is 0.328 e. The first-order valence-electron chi connectivity index (χ1n) is 6.47. The van der Waals surface area contributed by atoms with Crippen LogP contribution in [0.2, 0.25) is 0 Å². The average Bonchev–Trinajstić information content (AvgIpc) is 2.68. The summed E-state index contributed by atoms with van der Waals surface area (Å²) in [5.41, 5.74) is 1.01. The van der Waals surface area contributed by atoms with Gasteiger partial charge in [0.15, 0.2) is 0 Å². The molecule has 0 aliphatic carbocycles. The highest BCUT2D eigenvalue weighted by Gasteiger charge is 2.48. The molecule has 0 aromatic heterocycles. The SMILES string of the molecule is CC(C)[C@@H]1[C@@H]([N+](=O)[O-])CC(=O)N1Cc1ccccc1. The van der Waals surface area contributed by atoms with Crippen LogP contribution in [0.5, 0.6) is 0 Å². The molecule has 102 valence electrons. The van der Waals surface area contributed by atoms with E-state index in [-0.39, 0.29) is 29.2 Å². The maximum absolute atomic E-state index is 12.0. The van der Waals surface area contributed by atoms with Gasteiger partial charge in [-0.25, -0.2) is 0 Å². The van der Waals surface area contributed by atoms with Crippen molar-refractivity contribution in [2.45, 2.75) is 38.9 Å². The van der Waals surface area contributed by atoms with Crippen molar-refractivity contribution < 1.29 is 9.72 Å². The second-order valence-electron chi connectivity index (χ2n) is 5.30. The van der Waals surface area contributed by atoms with E-state index >= 15 is 0 Å². The van der Waals surface area contributed by atoms with E-state index in [2.05, 4.69) is 0 Å². The lowest BCUT2D eigenvalue weighted by Crippen LogP contribution is -2.43. The van der Waals surface area contributed by atoms with Crippen LogP contribution in [-0.2, 0) is 11.3 Å². The molecule has 1 aromatic rings. The molecule has 1 saturated heterocycles. The summed E-state index contributed by atoms with van der Waals surface area (Å²) in [6.45, 7) is 4.31. The molecule has 1 aromatic carbocycles. The van der Waals surface area contributed by atoms with Crippen LogP contribution in [0.15, 0.2) is 30.3 Å². The molecular formula is C14H18N2O3. The van der Waals surface area contributed by atoms with Crippen LogP contribution in [0.3, 0.4) is 0 Å². The van der Waals surface area contributed by atoms with Crippen LogP contribution in [0.1, 0.15) is 25.8 Å². The van der Waals surface area contributed by atoms with Crippen molar-refractivity contribution in [1.29, 1.82) is 0 Å². The van der Waals surface area contributed by atoms with Gasteiger partial charge in [-0.3, -0.25) is 14.9 Å². The molecule has 0 radical (unpaired) electrons. The molecule has 0 saturated carbocycles. The van der Waals surface area contributed by atoms with Crippen molar-refractivity contribution in [3.63, 3.8) is 0 Å². The smallest absolute Gasteiger partial charge is 0.242 e. The summed E-state index contributed by atoms with van der Waals surface area (Å²) >= 11 is 0. The van der Waals surface area contributed by atoms with E-state index < -0.39 is 6.04 Å². The monoisotopic (exact) mass is 262 g/mol. The molecular weight excluding hydrogens is 244 g/mol. The van der Waals surface area contributed by atoms with Crippen molar-refractivity contribution in [2.75, 3.05) is 0 Å². The van der Waals surface area contributed by atoms with Crippen molar-refractivity contribution in [3.8, 4) is 0 Å². The lowest BCUT2D eigenvalue weighted by molar-refractivity contribution is -0.525. The fourth-order valence-electron chi connectivity index (χ4n) is 2.77. The predicted molar refractivity (Wildman–Crippen MR) is 71.0 cm³/mol. The Morgan fingerprint density at radius 3 is 2.53 bits per heavy atom. The summed E-state index contributed by atoms with van der Waals surface area (Å²) in [5, 5.41) is 11.1. The number of carbonyl (C=O) groups excluding carboxylic acids is 1. The Morgan fingerprint density at radius 1 is 1.37 bits per heavy atom. The molecule has 5 nitrogen and oxygen atoms in total. The summed E-state index contributed by atoms with van der Waals surface area (Å²) in [5.74, 6) is -0.0465. The molecule has 1 aliphatic rings. The molecule has 0 N–H and O–H groups in total. The highest BCUT2D eigenvalue weighted by molar-refractivity contribution is 5.79. The number of hydrogen-bond donors (Lipinski definition) is 0. The van der Waals surface area contributed by atoms with Crippen LogP contribution in [0.25, 0.3) is 0 Å². The van der Waals surface area contributed by atoms with Gasteiger partial charge in [-0.05, 0) is 11.5 Å². The minimum Gasteiger partial charge on any atom is -0.328 e. The lowest BCUT2D eigenvalue weighted by Gasteiger charge is -2.28. The van der Waals surface area contributed by atoms with Gasteiger partial charge in [0.25, 0.3) is 0 Å². The summed E-state index contributed by atoms with van der Waals surface area (Å²) in [7, 11) is 0. The second kappa shape index (κ2) is 5.38. The fourth-order valence-corrected chi connectivity index (χ4v) is 2.77. The Morgan fingerprint density at radius 2 is 2.00 bits per heavy atom. The normalized spacial score (nSPS) is 23.1. The Kier molecular flexibility index (Phi) is 3.83. The van der Waals surface area contributed by atoms with Crippen molar-refractivity contribution in [1.82, 2.24) is 4.90 Å². The standard InChI is InChI=1S/C14H18N2O3/c1-10(2)14-12(16(18)19)8-13(17)15(14)9-11-6-4-3-5-7-11/h3-7,10,12,14H,8-9H2,1-2H3/t12-,14+/m0/s1. The van der Waals surface area contributed by atoms with Crippen molar-refractivity contribution in [2.24, 2.45) is 5.92 Å². The summed E-state index contributed by atoms with van der Waals surface area (Å²) in [6.07, 6.45) is 0.0165. The van der Waals surface area contributed by atoms with E-state index in [0.29, 0.717) is 6.54 Å². The van der Waals surface area contributed by atoms with Gasteiger partial charge in [0.05, 0.1) is 6.42 Å². The maximum atomic E-state index is 12.0. The van der Waals surface area contributed by atoms with E-state index in [0.717, 1.165) is 5.56 Å². The van der Waals surface area contributed by atoms with Crippen LogP contribution in [-0.4, -0.2) is 27.8 Å². The Labute approximate surface area is 112 Å². The van der Waals surface area contributed by atoms with Crippen LogP contribution in [0, 0.1) is 16.0 Å². The molecule has 5 heteroatoms. The minimum atomic E-state index is -0.781. The molecule has 2 atom stereocenters. The first-order chi connectivity index (χ1) is 9.00. The zero-order valence-corrected chi connectivity index (χ0v) is 11.2. The third kappa shape index (κ3) is 2.75. The molecule has 19 heavy (non-hydrogen) atoms. The van der Waals surface area contributed by atoms with Gasteiger partial charge in [0, 0.05) is 11.5 Å². The van der Waals surface area contributed by atoms with Gasteiger partial charge in [0.1, 0.15) is 6.04 Å². The van der Waals surface area contributed by atoms with Crippen molar-refractivity contribution in [3.05, 3.63) is 46.0 Å². The van der Waals surface area contributed by atoms with Crippen LogP contribution >= 0.6 is 0 Å². The maximum Gasteiger partial charge on any atom is 0.242 e. The van der Waals surface area contributed by atoms with E-state index in [1.807, 2.05) is 44.2 Å². The summed E-state index contributed by atoms with van der Waals surface area (Å²) in [4.78, 5) is 24.5. The third-order valence-electron chi connectivity index (χ3n) is 3.61. The first kappa shape index (κ1) is 13.5. The first-order valence-corrected chi connectivity index (χ1v) is 6.47. The fraction of sp³-hybridized carbons (Fsp3) is 0.500. The molecule has 1 heterocycles. The second-order valence-corrected chi connectivity index (χ2v) is 5.30. The zero-order valence-electron chi connectivity index (χ0n) is 11.2. The molecule has 1 amide bonds. The number of benzene rings is 1. The van der Waals surface area contributed by atoms with E-state index in [9.17, 15) is 14.9 Å². The molecule has 0 spiro atoms. The zero-order chi connectivity index (χ0) is 14.0. The molecule has 1 fully saturated rings. The number of likely N-dealkylation sites (tertiary alicyclic amines) is 1. The van der Waals surface area contributed by atoms with Crippen molar-refractivity contribution >= 4 is 5.91 Å². The molecule has 1 aliphatic heterocycles. The van der Waals surface area contributed by atoms with Gasteiger partial charge in [-0.15, -0.1) is 0 Å². The van der Waals surface area contributed by atoms with Crippen LogP contribution in [0.4, 0.5) is 0 Å². The Balaban J connectivity index is 2.22. The molecule has 2 rings (SSSR count). The molecule has 0 bridgehead atoms. The number of rotatable bonds is 4. The number of nitro groups is 1. The Hall–Kier alpha value is -1.91. The predicted octanol–water partition coefficient (Wildman–Crippen LogP) is 2.09. The van der Waals surface area contributed by atoms with Gasteiger partial charge in [-0.1, -0.05) is 44.2 Å². The van der Waals surface area contributed by atoms with E-state index in [4.69, 9.17) is 0 Å². The number of nitrogens with zero attached hydrogens (tertiary/aromatic N) is 2. The average molecular weight is 262 g/mol. The highest BCUT2D eigenvalue weighted by atomic mass is 16.6. The summed E-state index contributed by atoms with van der Waals surface area (Å²) < 4.78 is 0. The van der Waals surface area contributed by atoms with E-state index in [1.165, 1.54) is 0 Å². The Bertz CT molecular complexity index is 473. The third-order valence-corrected chi connectivity index (χ3v) is 3.61. The summed E-state index contributed by atoms with van der Waals surface area (Å²) in [6, 6.07) is 8.50. The van der Waals surface area contributed by atoms with Gasteiger partial charge in [-0.2, -0.15) is 0 Å². The van der Waals surface area contributed by atoms with Crippen LogP contribution < -0.4 is 0 Å².